The van der Waals surface area contributed by atoms with Crippen LogP contribution in [0, 0.1) is 0 Å². The van der Waals surface area contributed by atoms with Crippen LogP contribution in [0.3, 0.4) is 0 Å². The van der Waals surface area contributed by atoms with Gasteiger partial charge in [0.25, 0.3) is 0 Å². The fourth-order valence-corrected chi connectivity index (χ4v) is 0.859. The smallest absolute Gasteiger partial charge is 0.218 e. The first kappa shape index (κ1) is 5.50. The van der Waals surface area contributed by atoms with Gasteiger partial charge in [-0.25, -0.2) is 4.40 Å². The van der Waals surface area contributed by atoms with Crippen LogP contribution in [0.4, 0.5) is 0 Å². The van der Waals surface area contributed by atoms with Crippen LogP contribution in [0.1, 0.15) is 6.42 Å². The molecule has 0 aromatic rings. The summed E-state index contributed by atoms with van der Waals surface area (Å²) in [7, 11) is 0. The van der Waals surface area contributed by atoms with E-state index in [1.54, 1.807) is 0 Å². The van der Waals surface area contributed by atoms with Gasteiger partial charge >= 0.3 is 0 Å². The van der Waals surface area contributed by atoms with Gasteiger partial charge in [0.1, 0.15) is 0 Å². The van der Waals surface area contributed by atoms with Crippen LogP contribution in [0.2, 0.25) is 0 Å². The van der Waals surface area contributed by atoms with E-state index in [4.69, 9.17) is 0 Å². The Morgan fingerprint density at radius 3 is 2.75 bits per heavy atom. The Kier molecular flexibility index (Phi) is 1.43. The van der Waals surface area contributed by atoms with Crippen LogP contribution in [-0.4, -0.2) is 17.1 Å². The molecular weight excluding hydrogens is 126 g/mol. The monoisotopic (exact) mass is 129 g/mol. The van der Waals surface area contributed by atoms with E-state index < -0.39 is 0 Å². The molecule has 42 valence electrons. The van der Waals surface area contributed by atoms with Crippen molar-refractivity contribution in [1.29, 1.82) is 0 Å². The van der Waals surface area contributed by atoms with E-state index in [0.717, 1.165) is 11.9 Å². The molecule has 4 heteroatoms. The van der Waals surface area contributed by atoms with Gasteiger partial charge in [-0.2, -0.15) is 0 Å². The number of hydrogen-bond acceptors (Lipinski definition) is 4. The molecule has 0 aliphatic carbocycles. The third-order valence-electron chi connectivity index (χ3n) is 0.670. The molecule has 3 nitrogen and oxygen atoms in total. The maximum atomic E-state index is 10.3. The Balaban J connectivity index is 2.68. The van der Waals surface area contributed by atoms with Crippen molar-refractivity contribution in [2.45, 2.75) is 6.42 Å². The molecule has 0 bridgehead atoms. The van der Waals surface area contributed by atoms with Gasteiger partial charge in [-0.05, 0) is 0 Å². The molecule has 0 aromatic heterocycles. The van der Waals surface area contributed by atoms with E-state index >= 15 is 0 Å². The summed E-state index contributed by atoms with van der Waals surface area (Å²) in [6.45, 7) is 0. The summed E-state index contributed by atoms with van der Waals surface area (Å²) in [4.78, 5) is 20.6. The van der Waals surface area contributed by atoms with E-state index in [2.05, 4.69) is 4.40 Å². The summed E-state index contributed by atoms with van der Waals surface area (Å²) in [5, 5.41) is -0.169. The van der Waals surface area contributed by atoms with Crippen molar-refractivity contribution < 1.29 is 9.59 Å². The SMILES string of the molecule is O=C1C=NSC(=O)C1. The lowest BCUT2D eigenvalue weighted by Gasteiger charge is -1.95. The van der Waals surface area contributed by atoms with Crippen LogP contribution >= 0.6 is 11.9 Å². The number of nitrogens with zero attached hydrogens (tertiary/aromatic N) is 1. The van der Waals surface area contributed by atoms with Gasteiger partial charge in [-0.1, -0.05) is 0 Å². The third-order valence-corrected chi connectivity index (χ3v) is 1.23. The van der Waals surface area contributed by atoms with Crippen LogP contribution in [-0.2, 0) is 9.59 Å². The Labute approximate surface area is 50.3 Å². The average molecular weight is 129 g/mol. The minimum absolute atomic E-state index is 0.00810. The minimum Gasteiger partial charge on any atom is -0.293 e. The van der Waals surface area contributed by atoms with Gasteiger partial charge in [0, 0.05) is 11.9 Å². The minimum atomic E-state index is -0.200. The van der Waals surface area contributed by atoms with Crippen molar-refractivity contribution in [3.05, 3.63) is 0 Å². The van der Waals surface area contributed by atoms with Crippen molar-refractivity contribution in [3.8, 4) is 0 Å². The summed E-state index contributed by atoms with van der Waals surface area (Å²) in [6, 6.07) is 0. The van der Waals surface area contributed by atoms with Crippen molar-refractivity contribution in [3.63, 3.8) is 0 Å². The van der Waals surface area contributed by atoms with E-state index in [9.17, 15) is 9.59 Å². The second-order valence-electron chi connectivity index (χ2n) is 1.34. The molecule has 1 rings (SSSR count). The molecule has 8 heavy (non-hydrogen) atoms. The lowest BCUT2D eigenvalue weighted by molar-refractivity contribution is -0.118. The zero-order valence-electron chi connectivity index (χ0n) is 3.96. The molecule has 1 heterocycles. The van der Waals surface area contributed by atoms with E-state index in [1.165, 1.54) is 6.21 Å². The lowest BCUT2D eigenvalue weighted by Crippen LogP contribution is -2.08. The predicted octanol–water partition coefficient (Wildman–Crippen LogP) is 0.205. The van der Waals surface area contributed by atoms with Crippen molar-refractivity contribution in [2.75, 3.05) is 0 Å². The number of ketones is 1. The summed E-state index contributed by atoms with van der Waals surface area (Å²) < 4.78 is 3.43. The second-order valence-corrected chi connectivity index (χ2v) is 2.19. The fraction of sp³-hybridized carbons (Fsp3) is 0.250. The summed E-state index contributed by atoms with van der Waals surface area (Å²) in [5.41, 5.74) is 0. The number of rotatable bonds is 0. The number of hydrogen-bond donors (Lipinski definition) is 0. The van der Waals surface area contributed by atoms with E-state index in [1.807, 2.05) is 0 Å². The van der Waals surface area contributed by atoms with Gasteiger partial charge in [0.15, 0.2) is 5.78 Å². The normalized spacial score (nSPS) is 19.5. The highest BCUT2D eigenvalue weighted by molar-refractivity contribution is 8.12. The first-order valence-corrected chi connectivity index (χ1v) is 2.82. The number of carbonyl (C=O) groups is 2. The van der Waals surface area contributed by atoms with Gasteiger partial charge in [0.05, 0.1) is 12.6 Å². The highest BCUT2D eigenvalue weighted by atomic mass is 32.2. The van der Waals surface area contributed by atoms with Crippen molar-refractivity contribution >= 4 is 29.1 Å². The number of Topliss-reactive ketones (excluding diaryl/α,β-unsaturated/α-hetero) is 1. The highest BCUT2D eigenvalue weighted by Gasteiger charge is 2.11. The lowest BCUT2D eigenvalue weighted by atomic mass is 10.3. The standard InChI is InChI=1S/C4H3NO2S/c6-3-1-4(7)8-5-2-3/h2H,1H2. The second kappa shape index (κ2) is 2.09. The van der Waals surface area contributed by atoms with Crippen molar-refractivity contribution in [1.82, 2.24) is 0 Å². The van der Waals surface area contributed by atoms with Crippen LogP contribution < -0.4 is 0 Å². The van der Waals surface area contributed by atoms with Gasteiger partial charge in [0.2, 0.25) is 5.12 Å². The quantitative estimate of drug-likeness (QED) is 0.347. The summed E-state index contributed by atoms with van der Waals surface area (Å²) in [5.74, 6) is -0.200. The highest BCUT2D eigenvalue weighted by Crippen LogP contribution is 2.09. The molecule has 0 fully saturated rings. The fourth-order valence-electron chi connectivity index (χ4n) is 0.364. The first-order valence-electron chi connectivity index (χ1n) is 2.05. The van der Waals surface area contributed by atoms with Gasteiger partial charge in [-0.3, -0.25) is 9.59 Å². The number of carbonyl (C=O) groups excluding carboxylic acids is 2. The van der Waals surface area contributed by atoms with Crippen LogP contribution in [0.25, 0.3) is 0 Å². The van der Waals surface area contributed by atoms with Gasteiger partial charge in [-0.15, -0.1) is 0 Å². The molecule has 0 saturated heterocycles. The molecule has 0 aromatic carbocycles. The molecule has 0 atom stereocenters. The molecule has 0 unspecified atom stereocenters. The third kappa shape index (κ3) is 1.16. The maximum absolute atomic E-state index is 10.3. The van der Waals surface area contributed by atoms with E-state index in [0.29, 0.717) is 0 Å². The van der Waals surface area contributed by atoms with Crippen molar-refractivity contribution in [2.24, 2.45) is 4.40 Å². The average Bonchev–Trinajstić information content (AvgIpc) is 1.64. The zero-order chi connectivity index (χ0) is 5.98. The van der Waals surface area contributed by atoms with Crippen LogP contribution in [0.15, 0.2) is 4.40 Å². The van der Waals surface area contributed by atoms with Crippen LogP contribution in [0.5, 0.6) is 0 Å². The maximum Gasteiger partial charge on any atom is 0.218 e. The molecular formula is C4H3NO2S. The molecule has 0 radical (unpaired) electrons. The molecule has 1 aliphatic heterocycles. The van der Waals surface area contributed by atoms with E-state index in [-0.39, 0.29) is 17.3 Å². The Morgan fingerprint density at radius 2 is 2.38 bits per heavy atom. The largest absolute Gasteiger partial charge is 0.293 e. The first-order chi connectivity index (χ1) is 3.79. The molecule has 0 amide bonds. The Bertz CT molecular complexity index is 163. The summed E-state index contributed by atoms with van der Waals surface area (Å²) in [6.07, 6.45) is 1.18. The topological polar surface area (TPSA) is 46.5 Å². The van der Waals surface area contributed by atoms with Gasteiger partial charge < -0.3 is 0 Å². The molecule has 1 aliphatic rings. The predicted molar refractivity (Wildman–Crippen MR) is 30.7 cm³/mol. The zero-order valence-corrected chi connectivity index (χ0v) is 4.77. The molecule has 0 N–H and O–H groups in total. The Morgan fingerprint density at radius 1 is 1.62 bits per heavy atom. The molecule has 0 saturated carbocycles. The summed E-state index contributed by atoms with van der Waals surface area (Å²) >= 11 is 0.832. The Hall–Kier alpha value is -0.640. The molecule has 0 spiro atoms.